The maximum absolute atomic E-state index is 12.3. The molecule has 0 aliphatic heterocycles. The van der Waals surface area contributed by atoms with Crippen molar-refractivity contribution in [3.63, 3.8) is 0 Å². The minimum atomic E-state index is -0.630. The lowest BCUT2D eigenvalue weighted by atomic mass is 10.1. The Hall–Kier alpha value is -3.15. The minimum absolute atomic E-state index is 0.201. The Morgan fingerprint density at radius 3 is 2.56 bits per heavy atom. The van der Waals surface area contributed by atoms with Gasteiger partial charge in [-0.15, -0.1) is 10.2 Å². The lowest BCUT2D eigenvalue weighted by molar-refractivity contribution is -0.122. The summed E-state index contributed by atoms with van der Waals surface area (Å²) >= 11 is 0. The molecule has 3 rings (SSSR count). The van der Waals surface area contributed by atoms with Gasteiger partial charge in [0.15, 0.2) is 6.10 Å². The molecule has 1 N–H and O–H groups in total. The number of aromatic nitrogens is 2. The molecule has 1 aromatic heterocycles. The molecule has 6 nitrogen and oxygen atoms in total. The van der Waals surface area contributed by atoms with Crippen LogP contribution in [0.3, 0.4) is 0 Å². The van der Waals surface area contributed by atoms with E-state index in [-0.39, 0.29) is 5.91 Å². The Balaban J connectivity index is 1.63. The number of nitrogens with zero attached hydrogens (tertiary/aromatic N) is 2. The molecular formula is C19H19N3O3. The topological polar surface area (TPSA) is 77.2 Å². The Kier molecular flexibility index (Phi) is 4.79. The Bertz CT molecular complexity index is 858. The lowest BCUT2D eigenvalue weighted by Gasteiger charge is -2.16. The number of rotatable bonds is 5. The summed E-state index contributed by atoms with van der Waals surface area (Å²) in [4.78, 5) is 12.3. The second-order valence-electron chi connectivity index (χ2n) is 5.84. The highest BCUT2D eigenvalue weighted by molar-refractivity contribution is 5.94. The van der Waals surface area contributed by atoms with Gasteiger partial charge in [-0.1, -0.05) is 17.7 Å². The second-order valence-corrected chi connectivity index (χ2v) is 5.84. The van der Waals surface area contributed by atoms with Gasteiger partial charge < -0.3 is 14.5 Å². The van der Waals surface area contributed by atoms with Gasteiger partial charge in [-0.05, 0) is 56.7 Å². The number of ether oxygens (including phenoxy) is 1. The van der Waals surface area contributed by atoms with Crippen molar-refractivity contribution in [3.05, 3.63) is 60.0 Å². The third-order valence-corrected chi connectivity index (χ3v) is 3.78. The van der Waals surface area contributed by atoms with Crippen molar-refractivity contribution in [3.8, 4) is 17.2 Å². The van der Waals surface area contributed by atoms with Crippen LogP contribution in [-0.2, 0) is 4.79 Å². The number of anilines is 1. The van der Waals surface area contributed by atoms with Gasteiger partial charge in [-0.2, -0.15) is 0 Å². The first-order chi connectivity index (χ1) is 12.0. The predicted octanol–water partition coefficient (Wildman–Crippen LogP) is 3.76. The van der Waals surface area contributed by atoms with Crippen molar-refractivity contribution in [2.45, 2.75) is 26.9 Å². The normalized spacial score (nSPS) is 11.8. The molecular weight excluding hydrogens is 318 g/mol. The van der Waals surface area contributed by atoms with E-state index in [4.69, 9.17) is 9.15 Å². The van der Waals surface area contributed by atoms with Crippen molar-refractivity contribution in [1.82, 2.24) is 10.2 Å². The van der Waals surface area contributed by atoms with Gasteiger partial charge in [0.25, 0.3) is 5.91 Å². The number of hydrogen-bond donors (Lipinski definition) is 1. The van der Waals surface area contributed by atoms with Crippen LogP contribution in [0.2, 0.25) is 0 Å². The van der Waals surface area contributed by atoms with Crippen LogP contribution in [0.4, 0.5) is 5.69 Å². The molecule has 0 unspecified atom stereocenters. The van der Waals surface area contributed by atoms with Crippen LogP contribution < -0.4 is 10.1 Å². The number of hydrogen-bond acceptors (Lipinski definition) is 5. The van der Waals surface area contributed by atoms with Crippen molar-refractivity contribution in [2.75, 3.05) is 5.32 Å². The Morgan fingerprint density at radius 2 is 1.92 bits per heavy atom. The average molecular weight is 337 g/mol. The number of aryl methyl sites for hydroxylation is 2. The van der Waals surface area contributed by atoms with Gasteiger partial charge in [-0.3, -0.25) is 4.79 Å². The summed E-state index contributed by atoms with van der Waals surface area (Å²) in [6.07, 6.45) is 0.647. The van der Waals surface area contributed by atoms with E-state index in [9.17, 15) is 4.79 Å². The van der Waals surface area contributed by atoms with E-state index in [0.717, 1.165) is 22.4 Å². The zero-order valence-electron chi connectivity index (χ0n) is 14.3. The van der Waals surface area contributed by atoms with E-state index in [1.807, 2.05) is 32.0 Å². The molecule has 0 bridgehead atoms. The van der Waals surface area contributed by atoms with E-state index in [2.05, 4.69) is 15.5 Å². The Morgan fingerprint density at radius 1 is 1.16 bits per heavy atom. The molecule has 0 saturated carbocycles. The zero-order valence-corrected chi connectivity index (χ0v) is 14.3. The summed E-state index contributed by atoms with van der Waals surface area (Å²) in [6, 6.07) is 13.0. The molecule has 6 heteroatoms. The van der Waals surface area contributed by atoms with Crippen LogP contribution in [0.5, 0.6) is 5.75 Å². The fourth-order valence-electron chi connectivity index (χ4n) is 2.42. The van der Waals surface area contributed by atoms with Crippen LogP contribution in [0, 0.1) is 13.8 Å². The van der Waals surface area contributed by atoms with E-state index in [1.54, 1.807) is 31.2 Å². The van der Waals surface area contributed by atoms with Gasteiger partial charge in [0.1, 0.15) is 5.75 Å². The molecule has 2 aromatic carbocycles. The highest BCUT2D eigenvalue weighted by Crippen LogP contribution is 2.21. The molecule has 1 atom stereocenters. The molecule has 1 heterocycles. The predicted molar refractivity (Wildman–Crippen MR) is 94.4 cm³/mol. The lowest BCUT2D eigenvalue weighted by Crippen LogP contribution is -2.30. The first kappa shape index (κ1) is 16.7. The largest absolute Gasteiger partial charge is 0.481 e. The first-order valence-electron chi connectivity index (χ1n) is 7.94. The molecule has 1 amide bonds. The van der Waals surface area contributed by atoms with Gasteiger partial charge in [-0.25, -0.2) is 0 Å². The molecule has 0 saturated heterocycles. The van der Waals surface area contributed by atoms with Crippen LogP contribution in [0.15, 0.2) is 53.3 Å². The fourth-order valence-corrected chi connectivity index (χ4v) is 2.42. The molecule has 3 aromatic rings. The van der Waals surface area contributed by atoms with Crippen LogP contribution >= 0.6 is 0 Å². The maximum Gasteiger partial charge on any atom is 0.265 e. The van der Waals surface area contributed by atoms with Gasteiger partial charge in [0.2, 0.25) is 12.3 Å². The van der Waals surface area contributed by atoms with Crippen molar-refractivity contribution < 1.29 is 13.9 Å². The summed E-state index contributed by atoms with van der Waals surface area (Å²) in [5, 5.41) is 10.4. The quantitative estimate of drug-likeness (QED) is 0.767. The standard InChI is InChI=1S/C19H19N3O3/c1-12-4-9-17(13(2)10-12)21-18(23)14(3)25-16-7-5-15(6-8-16)19-22-20-11-24-19/h4-11,14H,1-3H3,(H,21,23)/t14-/m1/s1. The number of carbonyl (C=O) groups excluding carboxylic acids is 1. The number of benzene rings is 2. The fraction of sp³-hybridized carbons (Fsp3) is 0.211. The SMILES string of the molecule is Cc1ccc(NC(=O)[C@@H](C)Oc2ccc(-c3nnco3)cc2)c(C)c1. The Labute approximate surface area is 145 Å². The van der Waals surface area contributed by atoms with E-state index < -0.39 is 6.10 Å². The van der Waals surface area contributed by atoms with E-state index in [0.29, 0.717) is 11.6 Å². The van der Waals surface area contributed by atoms with Gasteiger partial charge >= 0.3 is 0 Å². The summed E-state index contributed by atoms with van der Waals surface area (Å²) in [7, 11) is 0. The number of amides is 1. The number of carbonyl (C=O) groups is 1. The summed E-state index contributed by atoms with van der Waals surface area (Å²) < 4.78 is 10.8. The molecule has 0 aliphatic carbocycles. The molecule has 25 heavy (non-hydrogen) atoms. The van der Waals surface area contributed by atoms with Crippen molar-refractivity contribution in [2.24, 2.45) is 0 Å². The van der Waals surface area contributed by atoms with Crippen LogP contribution in [0.1, 0.15) is 18.1 Å². The summed E-state index contributed by atoms with van der Waals surface area (Å²) in [5.74, 6) is 0.826. The summed E-state index contributed by atoms with van der Waals surface area (Å²) in [6.45, 7) is 5.69. The van der Waals surface area contributed by atoms with Crippen molar-refractivity contribution >= 4 is 11.6 Å². The first-order valence-corrected chi connectivity index (χ1v) is 7.94. The second kappa shape index (κ2) is 7.17. The molecule has 0 aliphatic rings. The summed E-state index contributed by atoms with van der Waals surface area (Å²) in [5.41, 5.74) is 3.75. The highest BCUT2D eigenvalue weighted by atomic mass is 16.5. The third kappa shape index (κ3) is 4.03. The molecule has 0 fully saturated rings. The zero-order chi connectivity index (χ0) is 17.8. The maximum atomic E-state index is 12.3. The van der Waals surface area contributed by atoms with Crippen LogP contribution in [-0.4, -0.2) is 22.2 Å². The van der Waals surface area contributed by atoms with Gasteiger partial charge in [0, 0.05) is 11.3 Å². The third-order valence-electron chi connectivity index (χ3n) is 3.78. The number of nitrogens with one attached hydrogen (secondary N) is 1. The van der Waals surface area contributed by atoms with E-state index in [1.165, 1.54) is 6.39 Å². The van der Waals surface area contributed by atoms with Crippen LogP contribution in [0.25, 0.3) is 11.5 Å². The smallest absolute Gasteiger partial charge is 0.265 e. The molecule has 0 spiro atoms. The molecule has 0 radical (unpaired) electrons. The monoisotopic (exact) mass is 337 g/mol. The molecule has 128 valence electrons. The minimum Gasteiger partial charge on any atom is -0.481 e. The highest BCUT2D eigenvalue weighted by Gasteiger charge is 2.16. The van der Waals surface area contributed by atoms with Gasteiger partial charge in [0.05, 0.1) is 0 Å². The van der Waals surface area contributed by atoms with E-state index >= 15 is 0 Å². The average Bonchev–Trinajstić information content (AvgIpc) is 3.12. The van der Waals surface area contributed by atoms with Crippen molar-refractivity contribution in [1.29, 1.82) is 0 Å².